The highest BCUT2D eigenvalue weighted by molar-refractivity contribution is 7.88. The van der Waals surface area contributed by atoms with Crippen LogP contribution in [0, 0.1) is 11.6 Å². The van der Waals surface area contributed by atoms with Gasteiger partial charge in [-0.3, -0.25) is 4.68 Å². The molecule has 132 valence electrons. The lowest BCUT2D eigenvalue weighted by molar-refractivity contribution is 0.567. The van der Waals surface area contributed by atoms with E-state index >= 15 is 0 Å². The van der Waals surface area contributed by atoms with Crippen LogP contribution in [0.4, 0.5) is 8.78 Å². The van der Waals surface area contributed by atoms with E-state index in [-0.39, 0.29) is 12.1 Å². The molecular formula is C16H15F2N3O2S2. The van der Waals surface area contributed by atoms with E-state index in [1.54, 1.807) is 17.8 Å². The number of benzene rings is 1. The highest BCUT2D eigenvalue weighted by atomic mass is 32.2. The zero-order valence-electron chi connectivity index (χ0n) is 13.2. The van der Waals surface area contributed by atoms with Crippen molar-refractivity contribution in [1.29, 1.82) is 0 Å². The maximum absolute atomic E-state index is 13.6. The molecule has 0 spiro atoms. The number of rotatable bonds is 6. The van der Waals surface area contributed by atoms with Crippen molar-refractivity contribution in [2.24, 2.45) is 7.05 Å². The van der Waals surface area contributed by atoms with Crippen molar-refractivity contribution >= 4 is 21.4 Å². The van der Waals surface area contributed by atoms with Gasteiger partial charge in [-0.1, -0.05) is 6.07 Å². The largest absolute Gasteiger partial charge is 0.271 e. The Labute approximate surface area is 148 Å². The summed E-state index contributed by atoms with van der Waals surface area (Å²) < 4.78 is 55.1. The van der Waals surface area contributed by atoms with E-state index in [0.29, 0.717) is 5.69 Å². The van der Waals surface area contributed by atoms with Crippen LogP contribution in [-0.4, -0.2) is 18.2 Å². The summed E-state index contributed by atoms with van der Waals surface area (Å²) in [5, 5.41) is 6.28. The summed E-state index contributed by atoms with van der Waals surface area (Å²) in [4.78, 5) is 0.978. The average molecular weight is 383 g/mol. The summed E-state index contributed by atoms with van der Waals surface area (Å²) in [6.07, 6.45) is 0. The number of thiophene rings is 1. The lowest BCUT2D eigenvalue weighted by Crippen LogP contribution is -2.26. The summed E-state index contributed by atoms with van der Waals surface area (Å²) in [5.74, 6) is -2.07. The fourth-order valence-electron chi connectivity index (χ4n) is 2.31. The molecule has 0 aliphatic rings. The summed E-state index contributed by atoms with van der Waals surface area (Å²) in [6.45, 7) is 0.00808. The first-order valence-electron chi connectivity index (χ1n) is 7.32. The number of halogens is 2. The number of hydrogen-bond donors (Lipinski definition) is 1. The Bertz CT molecular complexity index is 983. The molecule has 0 aliphatic heterocycles. The smallest absolute Gasteiger partial charge is 0.216 e. The van der Waals surface area contributed by atoms with Crippen molar-refractivity contribution in [1.82, 2.24) is 14.5 Å². The third-order valence-corrected chi connectivity index (χ3v) is 5.74. The summed E-state index contributed by atoms with van der Waals surface area (Å²) in [7, 11) is -2.11. The molecule has 0 amide bonds. The SMILES string of the molecule is Cn1nc(-c2cccs2)cc1CNS(=O)(=O)Cc1cc(F)ccc1F. The minimum Gasteiger partial charge on any atom is -0.271 e. The Morgan fingerprint density at radius 1 is 1.24 bits per heavy atom. The van der Waals surface area contributed by atoms with Gasteiger partial charge in [-0.15, -0.1) is 11.3 Å². The Morgan fingerprint density at radius 2 is 2.04 bits per heavy atom. The number of nitrogens with zero attached hydrogens (tertiary/aromatic N) is 2. The van der Waals surface area contributed by atoms with Gasteiger partial charge in [-0.05, 0) is 35.7 Å². The van der Waals surface area contributed by atoms with Crippen LogP contribution in [0.25, 0.3) is 10.6 Å². The number of sulfonamides is 1. The van der Waals surface area contributed by atoms with Crippen LogP contribution in [0.1, 0.15) is 11.3 Å². The first-order chi connectivity index (χ1) is 11.8. The van der Waals surface area contributed by atoms with Gasteiger partial charge < -0.3 is 0 Å². The maximum atomic E-state index is 13.6. The van der Waals surface area contributed by atoms with Crippen molar-refractivity contribution in [2.45, 2.75) is 12.3 Å². The van der Waals surface area contributed by atoms with Crippen LogP contribution in [-0.2, 0) is 29.4 Å². The maximum Gasteiger partial charge on any atom is 0.216 e. The van der Waals surface area contributed by atoms with Crippen molar-refractivity contribution in [3.63, 3.8) is 0 Å². The first-order valence-corrected chi connectivity index (χ1v) is 9.85. The van der Waals surface area contributed by atoms with E-state index in [2.05, 4.69) is 9.82 Å². The van der Waals surface area contributed by atoms with Crippen LogP contribution in [0.3, 0.4) is 0 Å². The van der Waals surface area contributed by atoms with Gasteiger partial charge in [0, 0.05) is 12.6 Å². The Morgan fingerprint density at radius 3 is 2.76 bits per heavy atom. The highest BCUT2D eigenvalue weighted by Crippen LogP contribution is 2.24. The van der Waals surface area contributed by atoms with E-state index in [0.717, 1.165) is 28.8 Å². The summed E-state index contributed by atoms with van der Waals surface area (Å²) in [5.41, 5.74) is 1.20. The zero-order chi connectivity index (χ0) is 18.0. The van der Waals surface area contributed by atoms with Gasteiger partial charge in [0.1, 0.15) is 17.3 Å². The third-order valence-electron chi connectivity index (χ3n) is 3.58. The average Bonchev–Trinajstić information content (AvgIpc) is 3.18. The Balaban J connectivity index is 1.71. The van der Waals surface area contributed by atoms with Crippen LogP contribution in [0.2, 0.25) is 0 Å². The standard InChI is InChI=1S/C16H15F2N3O2S2/c1-21-13(8-15(20-21)16-3-2-6-24-16)9-19-25(22,23)10-11-7-12(17)4-5-14(11)18/h2-8,19H,9-10H2,1H3. The topological polar surface area (TPSA) is 64.0 Å². The van der Waals surface area contributed by atoms with Crippen molar-refractivity contribution < 1.29 is 17.2 Å². The van der Waals surface area contributed by atoms with Crippen LogP contribution in [0.15, 0.2) is 41.8 Å². The fraction of sp³-hybridized carbons (Fsp3) is 0.188. The van der Waals surface area contributed by atoms with Crippen LogP contribution < -0.4 is 4.72 Å². The lowest BCUT2D eigenvalue weighted by atomic mass is 10.2. The molecule has 0 fully saturated rings. The van der Waals surface area contributed by atoms with Gasteiger partial charge in [0.15, 0.2) is 0 Å². The number of aromatic nitrogens is 2. The molecule has 3 aromatic rings. The lowest BCUT2D eigenvalue weighted by Gasteiger charge is -2.08. The first kappa shape index (κ1) is 17.7. The van der Waals surface area contributed by atoms with Crippen molar-refractivity contribution in [3.05, 3.63) is 64.7 Å². The van der Waals surface area contributed by atoms with Crippen LogP contribution >= 0.6 is 11.3 Å². The Hall–Kier alpha value is -2.10. The van der Waals surface area contributed by atoms with Gasteiger partial charge in [0.05, 0.1) is 22.9 Å². The van der Waals surface area contributed by atoms with Gasteiger partial charge in [-0.2, -0.15) is 5.10 Å². The second kappa shape index (κ2) is 7.03. The van der Waals surface area contributed by atoms with E-state index in [9.17, 15) is 17.2 Å². The normalized spacial score (nSPS) is 11.8. The predicted octanol–water partition coefficient (Wildman–Crippen LogP) is 3.05. The van der Waals surface area contributed by atoms with E-state index < -0.39 is 27.4 Å². The quantitative estimate of drug-likeness (QED) is 0.712. The second-order valence-corrected chi connectivity index (χ2v) is 8.19. The molecule has 0 saturated heterocycles. The van der Waals surface area contributed by atoms with E-state index in [1.807, 2.05) is 17.5 Å². The second-order valence-electron chi connectivity index (χ2n) is 5.44. The molecule has 0 saturated carbocycles. The molecule has 1 N–H and O–H groups in total. The number of hydrogen-bond acceptors (Lipinski definition) is 4. The Kier molecular flexibility index (Phi) is 4.98. The molecule has 0 bridgehead atoms. The van der Waals surface area contributed by atoms with Gasteiger partial charge in [0.25, 0.3) is 0 Å². The monoisotopic (exact) mass is 383 g/mol. The molecule has 0 atom stereocenters. The molecule has 1 aromatic carbocycles. The minimum atomic E-state index is -3.83. The highest BCUT2D eigenvalue weighted by Gasteiger charge is 2.17. The molecule has 0 radical (unpaired) electrons. The molecule has 9 heteroatoms. The predicted molar refractivity (Wildman–Crippen MR) is 92.3 cm³/mol. The molecule has 2 heterocycles. The van der Waals surface area contributed by atoms with Crippen molar-refractivity contribution in [3.8, 4) is 10.6 Å². The zero-order valence-corrected chi connectivity index (χ0v) is 14.9. The molecule has 3 rings (SSSR count). The van der Waals surface area contributed by atoms with Gasteiger partial charge in [0.2, 0.25) is 10.0 Å². The van der Waals surface area contributed by atoms with Crippen LogP contribution in [0.5, 0.6) is 0 Å². The van der Waals surface area contributed by atoms with Crippen molar-refractivity contribution in [2.75, 3.05) is 0 Å². The molecule has 0 aliphatic carbocycles. The summed E-state index contributed by atoms with van der Waals surface area (Å²) in [6, 6.07) is 8.36. The molecule has 25 heavy (non-hydrogen) atoms. The molecule has 0 unspecified atom stereocenters. The fourth-order valence-corrected chi connectivity index (χ4v) is 4.09. The van der Waals surface area contributed by atoms with E-state index in [4.69, 9.17) is 0 Å². The molecular weight excluding hydrogens is 368 g/mol. The molecule has 2 aromatic heterocycles. The third kappa shape index (κ3) is 4.30. The van der Waals surface area contributed by atoms with Gasteiger partial charge in [-0.25, -0.2) is 21.9 Å². The number of nitrogens with one attached hydrogen (secondary N) is 1. The van der Waals surface area contributed by atoms with E-state index in [1.165, 1.54) is 11.3 Å². The number of aryl methyl sites for hydroxylation is 1. The molecule has 5 nitrogen and oxygen atoms in total. The minimum absolute atomic E-state index is 0.00808. The van der Waals surface area contributed by atoms with Gasteiger partial charge >= 0.3 is 0 Å². The summed E-state index contributed by atoms with van der Waals surface area (Å²) >= 11 is 1.53.